The maximum atomic E-state index is 12.3. The van der Waals surface area contributed by atoms with Crippen LogP contribution in [0, 0.1) is 13.8 Å². The predicted molar refractivity (Wildman–Crippen MR) is 120 cm³/mol. The minimum atomic E-state index is -3.58. The van der Waals surface area contributed by atoms with E-state index in [4.69, 9.17) is 4.74 Å². The fourth-order valence-electron chi connectivity index (χ4n) is 3.39. The smallest absolute Gasteiger partial charge is 0.240 e. The molecule has 0 amide bonds. The Morgan fingerprint density at radius 1 is 1.10 bits per heavy atom. The number of methoxy groups -OCH3 is 1. The van der Waals surface area contributed by atoms with E-state index in [0.29, 0.717) is 18.2 Å². The van der Waals surface area contributed by atoms with Crippen molar-refractivity contribution in [1.82, 2.24) is 24.2 Å². The highest BCUT2D eigenvalue weighted by Crippen LogP contribution is 2.27. The van der Waals surface area contributed by atoms with E-state index < -0.39 is 10.0 Å². The van der Waals surface area contributed by atoms with Crippen LogP contribution >= 0.6 is 0 Å². The molecule has 10 heteroatoms. The Morgan fingerprint density at radius 3 is 2.45 bits per heavy atom. The molecule has 3 aromatic rings. The summed E-state index contributed by atoms with van der Waals surface area (Å²) < 4.78 is 34.1. The molecule has 0 saturated heterocycles. The highest BCUT2D eigenvalue weighted by molar-refractivity contribution is 7.89. The summed E-state index contributed by atoms with van der Waals surface area (Å²) in [6.45, 7) is 8.69. The van der Waals surface area contributed by atoms with E-state index in [1.54, 1.807) is 18.3 Å². The zero-order chi connectivity index (χ0) is 22.6. The Morgan fingerprint density at radius 2 is 1.81 bits per heavy atom. The Hall–Kier alpha value is -2.82. The van der Waals surface area contributed by atoms with E-state index in [0.717, 1.165) is 22.9 Å². The van der Waals surface area contributed by atoms with Crippen LogP contribution in [0.3, 0.4) is 0 Å². The van der Waals surface area contributed by atoms with Crippen LogP contribution in [0.4, 0.5) is 11.6 Å². The summed E-state index contributed by atoms with van der Waals surface area (Å²) in [5, 5.41) is 3.13. The lowest BCUT2D eigenvalue weighted by atomic mass is 10.2. The molecule has 9 nitrogen and oxygen atoms in total. The van der Waals surface area contributed by atoms with Gasteiger partial charge in [0.15, 0.2) is 0 Å². The minimum Gasteiger partial charge on any atom is -0.383 e. The molecule has 0 atom stereocenters. The third-order valence-electron chi connectivity index (χ3n) is 4.70. The Labute approximate surface area is 183 Å². The molecule has 1 aromatic carbocycles. The van der Waals surface area contributed by atoms with Crippen molar-refractivity contribution in [2.45, 2.75) is 38.6 Å². The minimum absolute atomic E-state index is 0.177. The number of aryl methyl sites for hydroxylation is 2. The van der Waals surface area contributed by atoms with Crippen molar-refractivity contribution in [3.63, 3.8) is 0 Å². The summed E-state index contributed by atoms with van der Waals surface area (Å²) in [7, 11) is -2.06. The molecular formula is C21H28N6O3S. The van der Waals surface area contributed by atoms with Gasteiger partial charge in [-0.3, -0.25) is 0 Å². The monoisotopic (exact) mass is 444 g/mol. The number of sulfonamides is 1. The normalized spacial score (nSPS) is 11.8. The van der Waals surface area contributed by atoms with Gasteiger partial charge in [-0.2, -0.15) is 0 Å². The van der Waals surface area contributed by atoms with Crippen LogP contribution in [0.2, 0.25) is 0 Å². The van der Waals surface area contributed by atoms with E-state index in [-0.39, 0.29) is 17.5 Å². The molecule has 2 heterocycles. The molecule has 0 bridgehead atoms. The maximum Gasteiger partial charge on any atom is 0.240 e. The number of nitrogens with one attached hydrogen (secondary N) is 2. The number of nitrogens with zero attached hydrogens (tertiary/aromatic N) is 4. The van der Waals surface area contributed by atoms with E-state index in [2.05, 4.69) is 43.4 Å². The quantitative estimate of drug-likeness (QED) is 0.488. The number of hydrogen-bond acceptors (Lipinski definition) is 7. The molecular weight excluding hydrogens is 416 g/mol. The van der Waals surface area contributed by atoms with Gasteiger partial charge in [0.1, 0.15) is 5.82 Å². The lowest BCUT2D eigenvalue weighted by Gasteiger charge is -2.15. The number of benzene rings is 1. The number of hydrogen-bond donors (Lipinski definition) is 2. The van der Waals surface area contributed by atoms with E-state index in [9.17, 15) is 8.42 Å². The third-order valence-corrected chi connectivity index (χ3v) is 6.17. The zero-order valence-corrected chi connectivity index (χ0v) is 19.2. The first-order valence-electron chi connectivity index (χ1n) is 9.97. The second kappa shape index (κ2) is 9.54. The Kier molecular flexibility index (Phi) is 7.04. The third kappa shape index (κ3) is 5.27. The second-order valence-electron chi connectivity index (χ2n) is 7.36. The number of rotatable bonds is 9. The number of imidazole rings is 1. The molecule has 3 rings (SSSR count). The van der Waals surface area contributed by atoms with Crippen LogP contribution in [0.5, 0.6) is 0 Å². The molecule has 0 fully saturated rings. The number of aromatic nitrogens is 4. The molecule has 0 aliphatic carbocycles. The molecule has 2 aromatic heterocycles. The van der Waals surface area contributed by atoms with Gasteiger partial charge in [-0.15, -0.1) is 0 Å². The average molecular weight is 445 g/mol. The zero-order valence-electron chi connectivity index (χ0n) is 18.4. The fraction of sp³-hybridized carbons (Fsp3) is 0.381. The van der Waals surface area contributed by atoms with Crippen molar-refractivity contribution < 1.29 is 13.2 Å². The van der Waals surface area contributed by atoms with Crippen molar-refractivity contribution in [3.8, 4) is 11.4 Å². The van der Waals surface area contributed by atoms with E-state index >= 15 is 0 Å². The topological polar surface area (TPSA) is 111 Å². The number of ether oxygens (including phenoxy) is 1. The Balaban J connectivity index is 1.81. The summed E-state index contributed by atoms with van der Waals surface area (Å²) in [6.07, 6.45) is 1.69. The van der Waals surface area contributed by atoms with E-state index in [1.807, 2.05) is 19.9 Å². The maximum absolute atomic E-state index is 12.3. The molecule has 0 aliphatic rings. The highest BCUT2D eigenvalue weighted by Gasteiger charge is 2.18. The van der Waals surface area contributed by atoms with Crippen LogP contribution in [-0.4, -0.2) is 48.2 Å². The van der Waals surface area contributed by atoms with Gasteiger partial charge in [0.2, 0.25) is 16.0 Å². The molecule has 2 N–H and O–H groups in total. The van der Waals surface area contributed by atoms with Gasteiger partial charge in [0.25, 0.3) is 0 Å². The number of anilines is 2. The highest BCUT2D eigenvalue weighted by atomic mass is 32.2. The predicted octanol–water partition coefficient (Wildman–Crippen LogP) is 3.21. The molecule has 31 heavy (non-hydrogen) atoms. The summed E-state index contributed by atoms with van der Waals surface area (Å²) in [6, 6.07) is 8.51. The van der Waals surface area contributed by atoms with Gasteiger partial charge < -0.3 is 14.6 Å². The Bertz CT molecular complexity index is 1140. The van der Waals surface area contributed by atoms with Crippen LogP contribution in [0.15, 0.2) is 41.4 Å². The molecule has 0 aliphatic heterocycles. The van der Waals surface area contributed by atoms with Crippen LogP contribution in [0.25, 0.3) is 11.4 Å². The van der Waals surface area contributed by atoms with Crippen molar-refractivity contribution in [3.05, 3.63) is 48.0 Å². The summed E-state index contributed by atoms with van der Waals surface area (Å²) in [5.74, 6) is 1.35. The summed E-state index contributed by atoms with van der Waals surface area (Å²) in [5.41, 5.74) is 3.32. The largest absolute Gasteiger partial charge is 0.383 e. The molecule has 0 saturated carbocycles. The van der Waals surface area contributed by atoms with Crippen molar-refractivity contribution in [2.24, 2.45) is 0 Å². The average Bonchev–Trinajstić information content (AvgIpc) is 3.03. The summed E-state index contributed by atoms with van der Waals surface area (Å²) in [4.78, 5) is 13.7. The first-order valence-corrected chi connectivity index (χ1v) is 11.5. The van der Waals surface area contributed by atoms with Crippen LogP contribution in [0.1, 0.15) is 31.4 Å². The van der Waals surface area contributed by atoms with Crippen molar-refractivity contribution >= 4 is 21.7 Å². The fourth-order valence-corrected chi connectivity index (χ4v) is 4.40. The lowest BCUT2D eigenvalue weighted by molar-refractivity contribution is 0.204. The standard InChI is InChI=1S/C21H28N6O3S/c1-14(2)27-16(4)24-15(3)20(27)19-10-11-22-21(26-19)25-17-6-8-18(9-7-17)31(28,29)23-12-13-30-5/h6-11,14,23H,12-13H2,1-5H3,(H,22,25,26). The van der Waals surface area contributed by atoms with Gasteiger partial charge in [-0.05, 0) is 58.0 Å². The van der Waals surface area contributed by atoms with Gasteiger partial charge in [-0.1, -0.05) is 0 Å². The molecule has 0 spiro atoms. The van der Waals surface area contributed by atoms with E-state index in [1.165, 1.54) is 19.2 Å². The lowest BCUT2D eigenvalue weighted by Crippen LogP contribution is -2.27. The van der Waals surface area contributed by atoms with Crippen LogP contribution in [-0.2, 0) is 14.8 Å². The summed E-state index contributed by atoms with van der Waals surface area (Å²) >= 11 is 0. The van der Waals surface area contributed by atoms with Gasteiger partial charge in [0.05, 0.1) is 28.6 Å². The molecule has 166 valence electrons. The van der Waals surface area contributed by atoms with Crippen molar-refractivity contribution in [1.29, 1.82) is 0 Å². The van der Waals surface area contributed by atoms with Crippen molar-refractivity contribution in [2.75, 3.05) is 25.6 Å². The van der Waals surface area contributed by atoms with Crippen LogP contribution < -0.4 is 10.0 Å². The van der Waals surface area contributed by atoms with Gasteiger partial charge in [0, 0.05) is 31.6 Å². The van der Waals surface area contributed by atoms with Gasteiger partial charge >= 0.3 is 0 Å². The first-order chi connectivity index (χ1) is 14.7. The van der Waals surface area contributed by atoms with Gasteiger partial charge in [-0.25, -0.2) is 28.1 Å². The molecule has 0 radical (unpaired) electrons. The SMILES string of the molecule is COCCNS(=O)(=O)c1ccc(Nc2nccc(-c3c(C)nc(C)n3C(C)C)n2)cc1. The second-order valence-corrected chi connectivity index (χ2v) is 9.13. The molecule has 0 unspecified atom stereocenters. The first kappa shape index (κ1) is 22.9.